The second-order valence-corrected chi connectivity index (χ2v) is 7.13. The van der Waals surface area contributed by atoms with Crippen molar-refractivity contribution in [3.63, 3.8) is 0 Å². The summed E-state index contributed by atoms with van der Waals surface area (Å²) in [5.41, 5.74) is 1.70. The molecule has 0 aliphatic carbocycles. The molecule has 2 amide bonds. The Bertz CT molecular complexity index is 1040. The Morgan fingerprint density at radius 3 is 2.62 bits per heavy atom. The highest BCUT2D eigenvalue weighted by atomic mass is 16.5. The van der Waals surface area contributed by atoms with Crippen LogP contribution in [0.25, 0.3) is 0 Å². The van der Waals surface area contributed by atoms with Crippen molar-refractivity contribution in [2.75, 3.05) is 11.9 Å². The SMILES string of the molecule is CCOC(=O)CC(NC(=O)c1cccc(NC(=O)CCn2ccnc2)c1)c1ccccc1. The molecule has 8 nitrogen and oxygen atoms in total. The van der Waals surface area contributed by atoms with Crippen LogP contribution < -0.4 is 10.6 Å². The van der Waals surface area contributed by atoms with Gasteiger partial charge in [-0.05, 0) is 30.7 Å². The number of hydrogen-bond acceptors (Lipinski definition) is 5. The van der Waals surface area contributed by atoms with Crippen molar-refractivity contribution < 1.29 is 19.1 Å². The maximum absolute atomic E-state index is 12.9. The van der Waals surface area contributed by atoms with Crippen molar-refractivity contribution in [2.45, 2.75) is 32.4 Å². The molecule has 3 rings (SSSR count). The number of nitrogens with zero attached hydrogens (tertiary/aromatic N) is 2. The zero-order chi connectivity index (χ0) is 22.8. The lowest BCUT2D eigenvalue weighted by Crippen LogP contribution is -2.30. The Kier molecular flexibility index (Phi) is 8.14. The molecule has 1 aromatic heterocycles. The maximum Gasteiger partial charge on any atom is 0.308 e. The Hall–Kier alpha value is -3.94. The maximum atomic E-state index is 12.9. The van der Waals surface area contributed by atoms with Crippen LogP contribution in [-0.4, -0.2) is 33.9 Å². The summed E-state index contributed by atoms with van der Waals surface area (Å²) in [6.45, 7) is 2.53. The van der Waals surface area contributed by atoms with Gasteiger partial charge in [0.2, 0.25) is 5.91 Å². The van der Waals surface area contributed by atoms with Crippen LogP contribution in [0, 0.1) is 0 Å². The number of rotatable bonds is 10. The van der Waals surface area contributed by atoms with Crippen molar-refractivity contribution >= 4 is 23.5 Å². The van der Waals surface area contributed by atoms with Crippen LogP contribution in [0.5, 0.6) is 0 Å². The molecular formula is C24H26N4O4. The first-order chi connectivity index (χ1) is 15.5. The van der Waals surface area contributed by atoms with Crippen molar-refractivity contribution in [3.8, 4) is 0 Å². The van der Waals surface area contributed by atoms with Crippen molar-refractivity contribution in [1.29, 1.82) is 0 Å². The molecule has 166 valence electrons. The molecule has 1 unspecified atom stereocenters. The molecule has 1 atom stereocenters. The van der Waals surface area contributed by atoms with Gasteiger partial charge in [0.25, 0.3) is 5.91 Å². The molecule has 0 radical (unpaired) electrons. The Morgan fingerprint density at radius 1 is 1.09 bits per heavy atom. The fourth-order valence-corrected chi connectivity index (χ4v) is 3.18. The predicted molar refractivity (Wildman–Crippen MR) is 120 cm³/mol. The third-order valence-electron chi connectivity index (χ3n) is 4.75. The van der Waals surface area contributed by atoms with Gasteiger partial charge in [-0.25, -0.2) is 4.98 Å². The number of ether oxygens (including phenoxy) is 1. The third kappa shape index (κ3) is 6.80. The number of carbonyl (C=O) groups excluding carboxylic acids is 3. The first-order valence-electron chi connectivity index (χ1n) is 10.4. The summed E-state index contributed by atoms with van der Waals surface area (Å²) in [4.78, 5) is 41.1. The van der Waals surface area contributed by atoms with Gasteiger partial charge in [0.05, 0.1) is 25.4 Å². The lowest BCUT2D eigenvalue weighted by molar-refractivity contribution is -0.143. The van der Waals surface area contributed by atoms with Crippen molar-refractivity contribution in [3.05, 3.63) is 84.4 Å². The average molecular weight is 434 g/mol. The normalized spacial score (nSPS) is 11.4. The van der Waals surface area contributed by atoms with E-state index in [-0.39, 0.29) is 37.2 Å². The summed E-state index contributed by atoms with van der Waals surface area (Å²) in [6, 6.07) is 15.4. The monoisotopic (exact) mass is 434 g/mol. The zero-order valence-electron chi connectivity index (χ0n) is 17.9. The summed E-state index contributed by atoms with van der Waals surface area (Å²) < 4.78 is 6.87. The molecule has 0 aliphatic rings. The highest BCUT2D eigenvalue weighted by Crippen LogP contribution is 2.19. The minimum atomic E-state index is -0.531. The zero-order valence-corrected chi connectivity index (χ0v) is 17.9. The number of esters is 1. The lowest BCUT2D eigenvalue weighted by Gasteiger charge is -2.19. The first-order valence-corrected chi connectivity index (χ1v) is 10.4. The van der Waals surface area contributed by atoms with Crippen LogP contribution in [0.4, 0.5) is 5.69 Å². The van der Waals surface area contributed by atoms with Crippen LogP contribution >= 0.6 is 0 Å². The predicted octanol–water partition coefficient (Wildman–Crippen LogP) is 3.34. The lowest BCUT2D eigenvalue weighted by atomic mass is 10.0. The van der Waals surface area contributed by atoms with E-state index < -0.39 is 6.04 Å². The molecule has 0 aliphatic heterocycles. The summed E-state index contributed by atoms with van der Waals surface area (Å²) in [5, 5.41) is 5.71. The third-order valence-corrected chi connectivity index (χ3v) is 4.75. The molecule has 2 N–H and O–H groups in total. The van der Waals surface area contributed by atoms with Crippen LogP contribution in [0.15, 0.2) is 73.3 Å². The largest absolute Gasteiger partial charge is 0.466 e. The minimum Gasteiger partial charge on any atom is -0.466 e. The first kappa shape index (κ1) is 22.7. The molecule has 8 heteroatoms. The van der Waals surface area contributed by atoms with Gasteiger partial charge in [0.15, 0.2) is 0 Å². The van der Waals surface area contributed by atoms with E-state index in [4.69, 9.17) is 4.74 Å². The Balaban J connectivity index is 1.64. The van der Waals surface area contributed by atoms with Gasteiger partial charge in [0.1, 0.15) is 0 Å². The van der Waals surface area contributed by atoms with Gasteiger partial charge < -0.3 is 19.9 Å². The standard InChI is InChI=1S/C24H26N4O4/c1-2-32-23(30)16-21(18-7-4-3-5-8-18)27-24(31)19-9-6-10-20(15-19)26-22(29)11-13-28-14-12-25-17-28/h3-10,12,14-15,17,21H,2,11,13,16H2,1H3,(H,26,29)(H,27,31). The molecule has 0 spiro atoms. The number of anilines is 1. The van der Waals surface area contributed by atoms with E-state index in [0.29, 0.717) is 17.8 Å². The molecule has 0 fully saturated rings. The molecule has 0 saturated carbocycles. The highest BCUT2D eigenvalue weighted by molar-refractivity contribution is 5.97. The van der Waals surface area contributed by atoms with Gasteiger partial charge >= 0.3 is 5.97 Å². The fourth-order valence-electron chi connectivity index (χ4n) is 3.18. The average Bonchev–Trinajstić information content (AvgIpc) is 3.32. The van der Waals surface area contributed by atoms with Gasteiger partial charge in [-0.1, -0.05) is 36.4 Å². The number of aryl methyl sites for hydroxylation is 1. The minimum absolute atomic E-state index is 0.0221. The molecule has 2 aromatic carbocycles. The van der Waals surface area contributed by atoms with E-state index in [0.717, 1.165) is 5.56 Å². The number of amides is 2. The quantitative estimate of drug-likeness (QED) is 0.477. The van der Waals surface area contributed by atoms with Gasteiger partial charge in [-0.2, -0.15) is 0 Å². The van der Waals surface area contributed by atoms with Crippen LogP contribution in [-0.2, 0) is 20.9 Å². The van der Waals surface area contributed by atoms with E-state index in [9.17, 15) is 14.4 Å². The molecular weight excluding hydrogens is 408 g/mol. The fraction of sp³-hybridized carbons (Fsp3) is 0.250. The Labute approximate surface area is 186 Å². The van der Waals surface area contributed by atoms with Crippen molar-refractivity contribution in [2.24, 2.45) is 0 Å². The molecule has 0 bridgehead atoms. The molecule has 32 heavy (non-hydrogen) atoms. The number of benzene rings is 2. The number of nitrogens with one attached hydrogen (secondary N) is 2. The van der Waals surface area contributed by atoms with Crippen LogP contribution in [0.2, 0.25) is 0 Å². The van der Waals surface area contributed by atoms with Gasteiger partial charge in [0, 0.05) is 36.6 Å². The number of aromatic nitrogens is 2. The van der Waals surface area contributed by atoms with E-state index in [2.05, 4.69) is 15.6 Å². The van der Waals surface area contributed by atoms with Crippen LogP contribution in [0.3, 0.4) is 0 Å². The summed E-state index contributed by atoms with van der Waals surface area (Å²) in [6.07, 6.45) is 5.40. The summed E-state index contributed by atoms with van der Waals surface area (Å²) in [5.74, 6) is -0.904. The van der Waals surface area contributed by atoms with Crippen LogP contribution in [0.1, 0.15) is 41.7 Å². The van der Waals surface area contributed by atoms with E-state index in [1.807, 2.05) is 34.9 Å². The van der Waals surface area contributed by atoms with Gasteiger partial charge in [-0.3, -0.25) is 14.4 Å². The van der Waals surface area contributed by atoms with E-state index >= 15 is 0 Å². The number of hydrogen-bond donors (Lipinski definition) is 2. The second-order valence-electron chi connectivity index (χ2n) is 7.13. The summed E-state index contributed by atoms with van der Waals surface area (Å²) in [7, 11) is 0. The molecule has 1 heterocycles. The number of imidazole rings is 1. The number of carbonyl (C=O) groups is 3. The smallest absolute Gasteiger partial charge is 0.308 e. The van der Waals surface area contributed by atoms with E-state index in [1.54, 1.807) is 49.9 Å². The van der Waals surface area contributed by atoms with Crippen molar-refractivity contribution in [1.82, 2.24) is 14.9 Å². The molecule has 3 aromatic rings. The summed E-state index contributed by atoms with van der Waals surface area (Å²) >= 11 is 0. The highest BCUT2D eigenvalue weighted by Gasteiger charge is 2.20. The van der Waals surface area contributed by atoms with Gasteiger partial charge in [-0.15, -0.1) is 0 Å². The van der Waals surface area contributed by atoms with E-state index in [1.165, 1.54) is 0 Å². The molecule has 0 saturated heterocycles. The second kappa shape index (κ2) is 11.5. The Morgan fingerprint density at radius 2 is 1.91 bits per heavy atom. The topological polar surface area (TPSA) is 102 Å².